The van der Waals surface area contributed by atoms with Gasteiger partial charge in [-0.25, -0.2) is 4.98 Å². The van der Waals surface area contributed by atoms with Crippen LogP contribution in [0.1, 0.15) is 35.8 Å². The first-order chi connectivity index (χ1) is 14.0. The molecule has 0 aliphatic rings. The Balaban J connectivity index is 1.49. The molecule has 0 aliphatic carbocycles. The zero-order chi connectivity index (χ0) is 20.6. The van der Waals surface area contributed by atoms with Crippen molar-refractivity contribution in [3.8, 4) is 0 Å². The number of carbonyl (C=O) groups is 1. The first-order valence-electron chi connectivity index (χ1n) is 9.55. The molecule has 0 spiro atoms. The number of nitrogens with one attached hydrogen (secondary N) is 2. The van der Waals surface area contributed by atoms with Gasteiger partial charge in [-0.2, -0.15) is 0 Å². The van der Waals surface area contributed by atoms with Crippen LogP contribution in [0.15, 0.2) is 48.7 Å². The van der Waals surface area contributed by atoms with Crippen LogP contribution in [0.4, 0.5) is 10.8 Å². The molecule has 0 saturated carbocycles. The van der Waals surface area contributed by atoms with Crippen molar-refractivity contribution >= 4 is 51.3 Å². The Bertz CT molecular complexity index is 957. The Morgan fingerprint density at radius 1 is 1.14 bits per heavy atom. The minimum atomic E-state index is -0.137. The molecule has 7 heteroatoms. The highest BCUT2D eigenvalue weighted by molar-refractivity contribution is 7.15. The summed E-state index contributed by atoms with van der Waals surface area (Å²) in [5, 5.41) is 7.63. The smallest absolute Gasteiger partial charge is 0.245 e. The summed E-state index contributed by atoms with van der Waals surface area (Å²) in [5.74, 6) is -0.137. The van der Waals surface area contributed by atoms with Gasteiger partial charge in [-0.3, -0.25) is 4.79 Å². The van der Waals surface area contributed by atoms with E-state index in [0.29, 0.717) is 21.6 Å². The lowest BCUT2D eigenvalue weighted by molar-refractivity contribution is -0.114. The average Bonchev–Trinajstić information content (AvgIpc) is 3.16. The highest BCUT2D eigenvalue weighted by Gasteiger charge is 2.10. The molecule has 1 amide bonds. The summed E-state index contributed by atoms with van der Waals surface area (Å²) < 4.78 is 0. The van der Waals surface area contributed by atoms with Crippen LogP contribution in [0.3, 0.4) is 0 Å². The van der Waals surface area contributed by atoms with Crippen LogP contribution >= 0.6 is 34.5 Å². The van der Waals surface area contributed by atoms with Crippen molar-refractivity contribution in [2.75, 3.05) is 17.2 Å². The second-order valence-corrected chi connectivity index (χ2v) is 8.62. The average molecular weight is 448 g/mol. The fraction of sp³-hybridized carbons (Fsp3) is 0.273. The van der Waals surface area contributed by atoms with Gasteiger partial charge in [-0.05, 0) is 42.2 Å². The number of aromatic nitrogens is 1. The summed E-state index contributed by atoms with van der Waals surface area (Å²) in [7, 11) is 0. The van der Waals surface area contributed by atoms with E-state index in [1.807, 2.05) is 24.3 Å². The summed E-state index contributed by atoms with van der Waals surface area (Å²) in [6.07, 6.45) is 5.83. The summed E-state index contributed by atoms with van der Waals surface area (Å²) in [5.41, 5.74) is 3.18. The van der Waals surface area contributed by atoms with Crippen LogP contribution in [0.2, 0.25) is 10.0 Å². The van der Waals surface area contributed by atoms with Gasteiger partial charge >= 0.3 is 0 Å². The van der Waals surface area contributed by atoms with Crippen molar-refractivity contribution in [3.63, 3.8) is 0 Å². The first-order valence-corrected chi connectivity index (χ1v) is 11.1. The number of rotatable bonds is 9. The van der Waals surface area contributed by atoms with Crippen LogP contribution in [-0.4, -0.2) is 17.4 Å². The lowest BCUT2D eigenvalue weighted by Gasteiger charge is -2.07. The first kappa shape index (κ1) is 21.6. The third-order valence-electron chi connectivity index (χ3n) is 4.42. The SMILES string of the molecule is CCCCc1ccc(NCC(=O)Nc2ncc(Cc3cccc(Cl)c3Cl)s2)cc1. The van der Waals surface area contributed by atoms with E-state index in [2.05, 4.69) is 34.7 Å². The van der Waals surface area contributed by atoms with Gasteiger partial charge in [0, 0.05) is 23.2 Å². The predicted molar refractivity (Wildman–Crippen MR) is 124 cm³/mol. The summed E-state index contributed by atoms with van der Waals surface area (Å²) in [4.78, 5) is 17.5. The minimum Gasteiger partial charge on any atom is -0.376 e. The van der Waals surface area contributed by atoms with Crippen molar-refractivity contribution in [2.45, 2.75) is 32.6 Å². The van der Waals surface area contributed by atoms with Crippen molar-refractivity contribution in [2.24, 2.45) is 0 Å². The Morgan fingerprint density at radius 2 is 1.93 bits per heavy atom. The third-order valence-corrected chi connectivity index (χ3v) is 6.19. The molecular weight excluding hydrogens is 425 g/mol. The molecule has 1 aromatic heterocycles. The molecule has 2 aromatic carbocycles. The van der Waals surface area contributed by atoms with E-state index in [4.69, 9.17) is 23.2 Å². The lowest BCUT2D eigenvalue weighted by Crippen LogP contribution is -2.21. The van der Waals surface area contributed by atoms with Crippen molar-refractivity contribution in [1.29, 1.82) is 0 Å². The maximum atomic E-state index is 12.2. The predicted octanol–water partition coefficient (Wildman–Crippen LogP) is 6.43. The van der Waals surface area contributed by atoms with Crippen LogP contribution in [0, 0.1) is 0 Å². The topological polar surface area (TPSA) is 54.0 Å². The van der Waals surface area contributed by atoms with Gasteiger partial charge in [-0.1, -0.05) is 60.8 Å². The number of aryl methyl sites for hydroxylation is 1. The van der Waals surface area contributed by atoms with E-state index in [9.17, 15) is 4.79 Å². The highest BCUT2D eigenvalue weighted by Crippen LogP contribution is 2.29. The fourth-order valence-corrected chi connectivity index (χ4v) is 4.07. The van der Waals surface area contributed by atoms with E-state index in [1.165, 1.54) is 29.7 Å². The third kappa shape index (κ3) is 6.46. The fourth-order valence-electron chi connectivity index (χ4n) is 2.84. The van der Waals surface area contributed by atoms with Crippen molar-refractivity contribution in [3.05, 3.63) is 74.7 Å². The Labute approximate surface area is 185 Å². The number of nitrogens with zero attached hydrogens (tertiary/aromatic N) is 1. The van der Waals surface area contributed by atoms with Crippen molar-refractivity contribution < 1.29 is 4.79 Å². The molecule has 0 radical (unpaired) electrons. The molecule has 152 valence electrons. The lowest BCUT2D eigenvalue weighted by atomic mass is 10.1. The zero-order valence-electron chi connectivity index (χ0n) is 16.2. The molecule has 0 bridgehead atoms. The van der Waals surface area contributed by atoms with Gasteiger partial charge in [-0.15, -0.1) is 11.3 Å². The van der Waals surface area contributed by atoms with Gasteiger partial charge < -0.3 is 10.6 Å². The quantitative estimate of drug-likeness (QED) is 0.396. The number of halogens is 2. The van der Waals surface area contributed by atoms with Crippen LogP contribution in [-0.2, 0) is 17.6 Å². The molecule has 2 N–H and O–H groups in total. The normalized spacial score (nSPS) is 10.7. The molecule has 3 aromatic rings. The Morgan fingerprint density at radius 3 is 2.69 bits per heavy atom. The molecular formula is C22H23Cl2N3OS. The number of anilines is 2. The molecule has 29 heavy (non-hydrogen) atoms. The maximum absolute atomic E-state index is 12.2. The molecule has 1 heterocycles. The van der Waals surface area contributed by atoms with Crippen molar-refractivity contribution in [1.82, 2.24) is 4.98 Å². The van der Waals surface area contributed by atoms with E-state index in [-0.39, 0.29) is 12.5 Å². The second-order valence-electron chi connectivity index (χ2n) is 6.72. The van der Waals surface area contributed by atoms with Gasteiger partial charge in [0.1, 0.15) is 0 Å². The van der Waals surface area contributed by atoms with Gasteiger partial charge in [0.15, 0.2) is 5.13 Å². The van der Waals surface area contributed by atoms with E-state index in [0.717, 1.165) is 22.5 Å². The van der Waals surface area contributed by atoms with E-state index >= 15 is 0 Å². The Hall–Kier alpha value is -2.08. The highest BCUT2D eigenvalue weighted by atomic mass is 35.5. The Kier molecular flexibility index (Phi) is 7.92. The van der Waals surface area contributed by atoms with Gasteiger partial charge in [0.05, 0.1) is 16.6 Å². The summed E-state index contributed by atoms with van der Waals surface area (Å²) in [6.45, 7) is 2.37. The maximum Gasteiger partial charge on any atom is 0.245 e. The standard InChI is InChI=1S/C22H23Cl2N3OS/c1-2-3-5-15-8-10-17(11-9-15)25-14-20(28)27-22-26-13-18(29-22)12-16-6-4-7-19(23)21(16)24/h4,6-11,13,25H,2-3,5,12,14H2,1H3,(H,26,27,28). The number of thiazole rings is 1. The second kappa shape index (κ2) is 10.6. The monoisotopic (exact) mass is 447 g/mol. The van der Waals surface area contributed by atoms with E-state index in [1.54, 1.807) is 12.3 Å². The number of unbranched alkanes of at least 4 members (excludes halogenated alkanes) is 1. The van der Waals surface area contributed by atoms with Crippen LogP contribution in [0.25, 0.3) is 0 Å². The number of hydrogen-bond donors (Lipinski definition) is 2. The molecule has 0 atom stereocenters. The molecule has 3 rings (SSSR count). The molecule has 4 nitrogen and oxygen atoms in total. The molecule has 0 fully saturated rings. The van der Waals surface area contributed by atoms with E-state index < -0.39 is 0 Å². The van der Waals surface area contributed by atoms with Crippen LogP contribution < -0.4 is 10.6 Å². The minimum absolute atomic E-state index is 0.137. The number of benzene rings is 2. The number of amides is 1. The largest absolute Gasteiger partial charge is 0.376 e. The van der Waals surface area contributed by atoms with Gasteiger partial charge in [0.25, 0.3) is 0 Å². The zero-order valence-corrected chi connectivity index (χ0v) is 18.5. The number of hydrogen-bond acceptors (Lipinski definition) is 4. The summed E-state index contributed by atoms with van der Waals surface area (Å²) >= 11 is 13.7. The van der Waals surface area contributed by atoms with Gasteiger partial charge in [0.2, 0.25) is 5.91 Å². The molecule has 0 unspecified atom stereocenters. The van der Waals surface area contributed by atoms with Crippen LogP contribution in [0.5, 0.6) is 0 Å². The molecule has 0 aliphatic heterocycles. The number of carbonyl (C=O) groups excluding carboxylic acids is 1. The summed E-state index contributed by atoms with van der Waals surface area (Å²) in [6, 6.07) is 13.8. The molecule has 0 saturated heterocycles.